The summed E-state index contributed by atoms with van der Waals surface area (Å²) in [6.07, 6.45) is 2.34. The molecule has 1 aliphatic rings. The number of hydrogen-bond acceptors (Lipinski definition) is 1. The van der Waals surface area contributed by atoms with Crippen LogP contribution in [0.4, 0.5) is 10.5 Å². The van der Waals surface area contributed by atoms with Crippen LogP contribution in [0.3, 0.4) is 0 Å². The van der Waals surface area contributed by atoms with Gasteiger partial charge in [-0.15, -0.1) is 0 Å². The predicted octanol–water partition coefficient (Wildman–Crippen LogP) is 3.57. The molecular formula is C15H22N2O. The first kappa shape index (κ1) is 12.9. The fourth-order valence-corrected chi connectivity index (χ4v) is 2.52. The zero-order valence-corrected chi connectivity index (χ0v) is 11.5. The van der Waals surface area contributed by atoms with Crippen molar-refractivity contribution in [2.45, 2.75) is 33.6 Å². The van der Waals surface area contributed by atoms with Gasteiger partial charge in [-0.25, -0.2) is 4.79 Å². The van der Waals surface area contributed by atoms with Crippen molar-refractivity contribution in [2.75, 3.05) is 18.4 Å². The van der Waals surface area contributed by atoms with Crippen molar-refractivity contribution in [2.24, 2.45) is 5.92 Å². The van der Waals surface area contributed by atoms with Crippen molar-refractivity contribution in [1.29, 1.82) is 0 Å². The number of rotatable bonds is 1. The highest BCUT2D eigenvalue weighted by Gasteiger charge is 2.21. The van der Waals surface area contributed by atoms with Crippen LogP contribution >= 0.6 is 0 Å². The van der Waals surface area contributed by atoms with Gasteiger partial charge in [0.2, 0.25) is 0 Å². The second-order valence-corrected chi connectivity index (χ2v) is 5.44. The number of carbonyl (C=O) groups is 1. The van der Waals surface area contributed by atoms with Gasteiger partial charge in [0.15, 0.2) is 0 Å². The van der Waals surface area contributed by atoms with E-state index in [1.165, 1.54) is 12.0 Å². The maximum Gasteiger partial charge on any atom is 0.321 e. The van der Waals surface area contributed by atoms with Gasteiger partial charge >= 0.3 is 6.03 Å². The van der Waals surface area contributed by atoms with E-state index < -0.39 is 0 Å². The van der Waals surface area contributed by atoms with Crippen molar-refractivity contribution in [1.82, 2.24) is 4.90 Å². The van der Waals surface area contributed by atoms with Gasteiger partial charge in [-0.3, -0.25) is 0 Å². The Morgan fingerprint density at radius 2 is 2.17 bits per heavy atom. The molecule has 0 unspecified atom stereocenters. The molecule has 0 radical (unpaired) electrons. The largest absolute Gasteiger partial charge is 0.324 e. The molecule has 18 heavy (non-hydrogen) atoms. The number of urea groups is 1. The van der Waals surface area contributed by atoms with Crippen molar-refractivity contribution < 1.29 is 4.79 Å². The van der Waals surface area contributed by atoms with Gasteiger partial charge in [0, 0.05) is 18.8 Å². The van der Waals surface area contributed by atoms with Crippen LogP contribution in [-0.2, 0) is 0 Å². The Morgan fingerprint density at radius 1 is 1.39 bits per heavy atom. The number of hydrogen-bond donors (Lipinski definition) is 1. The van der Waals surface area contributed by atoms with Crippen molar-refractivity contribution >= 4 is 11.7 Å². The highest BCUT2D eigenvalue weighted by atomic mass is 16.2. The minimum absolute atomic E-state index is 0.0357. The van der Waals surface area contributed by atoms with Crippen LogP contribution in [0.2, 0.25) is 0 Å². The molecule has 1 saturated heterocycles. The van der Waals surface area contributed by atoms with Crippen molar-refractivity contribution in [3.8, 4) is 0 Å². The van der Waals surface area contributed by atoms with Crippen LogP contribution in [0.15, 0.2) is 18.2 Å². The van der Waals surface area contributed by atoms with Crippen LogP contribution in [0.1, 0.15) is 30.9 Å². The van der Waals surface area contributed by atoms with E-state index >= 15 is 0 Å². The molecule has 1 aromatic carbocycles. The lowest BCUT2D eigenvalue weighted by Crippen LogP contribution is -2.41. The van der Waals surface area contributed by atoms with Crippen LogP contribution in [0, 0.1) is 19.8 Å². The molecule has 1 aliphatic heterocycles. The first-order valence-corrected chi connectivity index (χ1v) is 6.69. The molecule has 0 saturated carbocycles. The number of nitrogens with one attached hydrogen (secondary N) is 1. The van der Waals surface area contributed by atoms with Gasteiger partial charge in [-0.05, 0) is 44.2 Å². The second-order valence-electron chi connectivity index (χ2n) is 5.44. The van der Waals surface area contributed by atoms with Crippen LogP contribution in [-0.4, -0.2) is 24.0 Å². The Bertz CT molecular complexity index is 442. The molecule has 0 aliphatic carbocycles. The average Bonchev–Trinajstić information content (AvgIpc) is 2.32. The fourth-order valence-electron chi connectivity index (χ4n) is 2.52. The summed E-state index contributed by atoms with van der Waals surface area (Å²) in [7, 11) is 0. The SMILES string of the molecule is Cc1ccc(NC(=O)N2CCC[C@@H](C)C2)c(C)c1. The van der Waals surface area contributed by atoms with Gasteiger partial charge in [-0.2, -0.15) is 0 Å². The van der Waals surface area contributed by atoms with Gasteiger partial charge < -0.3 is 10.2 Å². The standard InChI is InChI=1S/C15H22N2O/c1-11-6-7-14(13(3)9-11)16-15(18)17-8-4-5-12(2)10-17/h6-7,9,12H,4-5,8,10H2,1-3H3,(H,16,18)/t12-/m1/s1. The summed E-state index contributed by atoms with van der Waals surface area (Å²) in [6.45, 7) is 8.04. The Morgan fingerprint density at radius 3 is 2.83 bits per heavy atom. The monoisotopic (exact) mass is 246 g/mol. The van der Waals surface area contributed by atoms with E-state index in [1.54, 1.807) is 0 Å². The topological polar surface area (TPSA) is 32.3 Å². The predicted molar refractivity (Wildman–Crippen MR) is 74.9 cm³/mol. The van der Waals surface area contributed by atoms with Gasteiger partial charge in [-0.1, -0.05) is 24.6 Å². The minimum Gasteiger partial charge on any atom is -0.324 e. The summed E-state index contributed by atoms with van der Waals surface area (Å²) in [5, 5.41) is 3.01. The minimum atomic E-state index is 0.0357. The van der Waals surface area contributed by atoms with Crippen molar-refractivity contribution in [3.05, 3.63) is 29.3 Å². The molecule has 0 bridgehead atoms. The number of nitrogens with zero attached hydrogens (tertiary/aromatic N) is 1. The maximum absolute atomic E-state index is 12.2. The normalized spacial score (nSPS) is 19.7. The summed E-state index contributed by atoms with van der Waals surface area (Å²) in [4.78, 5) is 14.1. The molecule has 3 nitrogen and oxygen atoms in total. The first-order chi connectivity index (χ1) is 8.56. The molecular weight excluding hydrogens is 224 g/mol. The Balaban J connectivity index is 2.02. The van der Waals surface area contributed by atoms with E-state index in [2.05, 4.69) is 25.2 Å². The smallest absolute Gasteiger partial charge is 0.321 e. The number of aryl methyl sites for hydroxylation is 2. The average molecular weight is 246 g/mol. The Hall–Kier alpha value is -1.51. The van der Waals surface area contributed by atoms with Gasteiger partial charge in [0.25, 0.3) is 0 Å². The van der Waals surface area contributed by atoms with E-state index in [9.17, 15) is 4.79 Å². The van der Waals surface area contributed by atoms with Crippen LogP contribution < -0.4 is 5.32 Å². The molecule has 3 heteroatoms. The van der Waals surface area contributed by atoms with E-state index in [0.717, 1.165) is 30.8 Å². The van der Waals surface area contributed by atoms with E-state index in [-0.39, 0.29) is 6.03 Å². The number of carbonyl (C=O) groups excluding carboxylic acids is 1. The van der Waals surface area contributed by atoms with E-state index in [4.69, 9.17) is 0 Å². The molecule has 1 N–H and O–H groups in total. The maximum atomic E-state index is 12.2. The first-order valence-electron chi connectivity index (χ1n) is 6.69. The summed E-state index contributed by atoms with van der Waals surface area (Å²) >= 11 is 0. The van der Waals surface area contributed by atoms with Crippen molar-refractivity contribution in [3.63, 3.8) is 0 Å². The van der Waals surface area contributed by atoms with Gasteiger partial charge in [0.05, 0.1) is 0 Å². The molecule has 1 fully saturated rings. The molecule has 1 atom stereocenters. The number of anilines is 1. The van der Waals surface area contributed by atoms with Crippen LogP contribution in [0.25, 0.3) is 0 Å². The third kappa shape index (κ3) is 3.03. The van der Waals surface area contributed by atoms with Crippen LogP contribution in [0.5, 0.6) is 0 Å². The highest BCUT2D eigenvalue weighted by molar-refractivity contribution is 5.90. The zero-order chi connectivity index (χ0) is 13.1. The molecule has 1 aromatic rings. The number of likely N-dealkylation sites (tertiary alicyclic amines) is 1. The zero-order valence-electron chi connectivity index (χ0n) is 11.5. The van der Waals surface area contributed by atoms with E-state index in [1.807, 2.05) is 24.0 Å². The summed E-state index contributed by atoms with van der Waals surface area (Å²) in [6, 6.07) is 6.14. The lowest BCUT2D eigenvalue weighted by molar-refractivity contribution is 0.182. The highest BCUT2D eigenvalue weighted by Crippen LogP contribution is 2.19. The molecule has 0 aromatic heterocycles. The number of amides is 2. The fraction of sp³-hybridized carbons (Fsp3) is 0.533. The second kappa shape index (κ2) is 5.42. The molecule has 98 valence electrons. The third-order valence-corrected chi connectivity index (χ3v) is 3.57. The Labute approximate surface area is 109 Å². The number of benzene rings is 1. The quantitative estimate of drug-likeness (QED) is 0.807. The van der Waals surface area contributed by atoms with E-state index in [0.29, 0.717) is 5.92 Å². The molecule has 1 heterocycles. The summed E-state index contributed by atoms with van der Waals surface area (Å²) < 4.78 is 0. The molecule has 2 rings (SSSR count). The summed E-state index contributed by atoms with van der Waals surface area (Å²) in [5.41, 5.74) is 3.26. The Kier molecular flexibility index (Phi) is 3.90. The lowest BCUT2D eigenvalue weighted by atomic mass is 10.0. The van der Waals surface area contributed by atoms with Gasteiger partial charge in [0.1, 0.15) is 0 Å². The third-order valence-electron chi connectivity index (χ3n) is 3.57. The number of piperidine rings is 1. The summed E-state index contributed by atoms with van der Waals surface area (Å²) in [5.74, 6) is 0.614. The lowest BCUT2D eigenvalue weighted by Gasteiger charge is -2.31. The molecule has 2 amide bonds. The molecule has 0 spiro atoms.